The average Bonchev–Trinajstić information content (AvgIpc) is 2.38. The van der Waals surface area contributed by atoms with Crippen molar-refractivity contribution >= 4 is 5.78 Å². The molecule has 18 heavy (non-hydrogen) atoms. The van der Waals surface area contributed by atoms with Crippen LogP contribution < -0.4 is 0 Å². The van der Waals surface area contributed by atoms with E-state index in [2.05, 4.69) is 9.97 Å². The van der Waals surface area contributed by atoms with Crippen molar-refractivity contribution in [2.24, 2.45) is 0 Å². The summed E-state index contributed by atoms with van der Waals surface area (Å²) in [5.41, 5.74) is -1.37. The highest BCUT2D eigenvalue weighted by molar-refractivity contribution is 6.09. The van der Waals surface area contributed by atoms with Crippen LogP contribution in [0, 0.1) is 0 Å². The number of hydrogen-bond acceptors (Lipinski definition) is 3. The first-order valence-corrected chi connectivity index (χ1v) is 4.96. The molecule has 0 aromatic carbocycles. The standard InChI is InChI=1S/C12H7F3N2O/c13-12(14,15)10-3-5-17-7-9(10)11(18)8-2-1-4-16-6-8/h1-7H. The number of alkyl halides is 3. The van der Waals surface area contributed by atoms with Crippen LogP contribution in [0.25, 0.3) is 0 Å². The van der Waals surface area contributed by atoms with Crippen LogP contribution in [0.2, 0.25) is 0 Å². The quantitative estimate of drug-likeness (QED) is 0.772. The van der Waals surface area contributed by atoms with Gasteiger partial charge in [0.25, 0.3) is 0 Å². The number of hydrogen-bond donors (Lipinski definition) is 0. The van der Waals surface area contributed by atoms with Gasteiger partial charge in [-0.15, -0.1) is 0 Å². The Morgan fingerprint density at radius 2 is 1.78 bits per heavy atom. The molecule has 0 saturated carbocycles. The Hall–Kier alpha value is -2.24. The fraction of sp³-hybridized carbons (Fsp3) is 0.0833. The van der Waals surface area contributed by atoms with E-state index in [4.69, 9.17) is 0 Å². The second kappa shape index (κ2) is 4.56. The summed E-state index contributed by atoms with van der Waals surface area (Å²) in [6.07, 6.45) is -0.0165. The van der Waals surface area contributed by atoms with Crippen LogP contribution in [-0.2, 0) is 6.18 Å². The Bertz CT molecular complexity index is 567. The second-order valence-electron chi connectivity index (χ2n) is 3.49. The minimum absolute atomic E-state index is 0.0935. The largest absolute Gasteiger partial charge is 0.417 e. The summed E-state index contributed by atoms with van der Waals surface area (Å²) in [4.78, 5) is 19.2. The maximum atomic E-state index is 12.7. The molecule has 2 heterocycles. The number of halogens is 3. The van der Waals surface area contributed by atoms with Gasteiger partial charge in [0, 0.05) is 30.4 Å². The highest BCUT2D eigenvalue weighted by Crippen LogP contribution is 2.32. The molecule has 0 aliphatic heterocycles. The predicted octanol–water partition coefficient (Wildman–Crippen LogP) is 2.73. The molecular weight excluding hydrogens is 245 g/mol. The van der Waals surface area contributed by atoms with E-state index in [1.165, 1.54) is 24.5 Å². The van der Waals surface area contributed by atoms with Crippen molar-refractivity contribution in [3.05, 3.63) is 59.7 Å². The van der Waals surface area contributed by atoms with E-state index < -0.39 is 23.1 Å². The van der Waals surface area contributed by atoms with Crippen LogP contribution in [0.1, 0.15) is 21.5 Å². The molecule has 2 rings (SSSR count). The lowest BCUT2D eigenvalue weighted by Gasteiger charge is -2.10. The van der Waals surface area contributed by atoms with E-state index in [9.17, 15) is 18.0 Å². The molecule has 2 aromatic heterocycles. The number of ketones is 1. The second-order valence-corrected chi connectivity index (χ2v) is 3.49. The molecule has 0 aliphatic rings. The Morgan fingerprint density at radius 3 is 2.39 bits per heavy atom. The smallest absolute Gasteiger partial charge is 0.288 e. The normalized spacial score (nSPS) is 11.3. The molecule has 2 aromatic rings. The third-order valence-corrected chi connectivity index (χ3v) is 2.29. The van der Waals surface area contributed by atoms with Crippen LogP contribution in [-0.4, -0.2) is 15.8 Å². The molecule has 0 spiro atoms. The predicted molar refractivity (Wildman–Crippen MR) is 56.9 cm³/mol. The van der Waals surface area contributed by atoms with Gasteiger partial charge < -0.3 is 0 Å². The lowest BCUT2D eigenvalue weighted by molar-refractivity contribution is -0.137. The SMILES string of the molecule is O=C(c1cccnc1)c1cnccc1C(F)(F)F. The molecule has 3 nitrogen and oxygen atoms in total. The minimum Gasteiger partial charge on any atom is -0.288 e. The molecule has 0 bridgehead atoms. The summed E-state index contributed by atoms with van der Waals surface area (Å²) in [6.45, 7) is 0. The minimum atomic E-state index is -4.59. The number of carbonyl (C=O) groups is 1. The van der Waals surface area contributed by atoms with Gasteiger partial charge in [0.05, 0.1) is 11.1 Å². The van der Waals surface area contributed by atoms with Gasteiger partial charge in [0.2, 0.25) is 0 Å². The number of aromatic nitrogens is 2. The maximum Gasteiger partial charge on any atom is 0.417 e. The molecule has 0 atom stereocenters. The Kier molecular flexibility index (Phi) is 3.10. The zero-order valence-electron chi connectivity index (χ0n) is 8.98. The van der Waals surface area contributed by atoms with E-state index >= 15 is 0 Å². The van der Waals surface area contributed by atoms with E-state index in [1.54, 1.807) is 0 Å². The van der Waals surface area contributed by atoms with Crippen LogP contribution >= 0.6 is 0 Å². The summed E-state index contributed by atoms with van der Waals surface area (Å²) in [5, 5.41) is 0. The molecule has 0 aliphatic carbocycles. The molecule has 0 radical (unpaired) electrons. The Morgan fingerprint density at radius 1 is 1.06 bits per heavy atom. The monoisotopic (exact) mass is 252 g/mol. The first-order valence-electron chi connectivity index (χ1n) is 4.96. The molecule has 92 valence electrons. The van der Waals surface area contributed by atoms with Gasteiger partial charge in [0.1, 0.15) is 0 Å². The molecule has 0 amide bonds. The van der Waals surface area contributed by atoms with Crippen molar-refractivity contribution in [2.75, 3.05) is 0 Å². The van der Waals surface area contributed by atoms with Crippen molar-refractivity contribution in [2.45, 2.75) is 6.18 Å². The number of carbonyl (C=O) groups excluding carboxylic acids is 1. The molecule has 0 saturated heterocycles. The molecule has 0 unspecified atom stereocenters. The maximum absolute atomic E-state index is 12.7. The molecule has 0 fully saturated rings. The van der Waals surface area contributed by atoms with E-state index in [-0.39, 0.29) is 5.56 Å². The summed E-state index contributed by atoms with van der Waals surface area (Å²) < 4.78 is 38.2. The van der Waals surface area contributed by atoms with Gasteiger partial charge in [0.15, 0.2) is 5.78 Å². The van der Waals surface area contributed by atoms with Gasteiger partial charge in [-0.05, 0) is 18.2 Å². The lowest BCUT2D eigenvalue weighted by Crippen LogP contribution is -2.14. The summed E-state index contributed by atoms with van der Waals surface area (Å²) in [6, 6.07) is 3.67. The van der Waals surface area contributed by atoms with Crippen molar-refractivity contribution in [1.82, 2.24) is 9.97 Å². The van der Waals surface area contributed by atoms with Gasteiger partial charge in [-0.3, -0.25) is 14.8 Å². The zero-order chi connectivity index (χ0) is 13.2. The summed E-state index contributed by atoms with van der Waals surface area (Å²) >= 11 is 0. The van der Waals surface area contributed by atoms with Gasteiger partial charge in [-0.2, -0.15) is 13.2 Å². The topological polar surface area (TPSA) is 42.9 Å². The summed E-state index contributed by atoms with van der Waals surface area (Å²) in [7, 11) is 0. The first-order chi connectivity index (χ1) is 8.50. The Labute approximate surface area is 100 Å². The fourth-order valence-electron chi connectivity index (χ4n) is 1.48. The highest BCUT2D eigenvalue weighted by atomic mass is 19.4. The summed E-state index contributed by atoms with van der Waals surface area (Å²) in [5.74, 6) is -0.747. The third-order valence-electron chi connectivity index (χ3n) is 2.29. The van der Waals surface area contributed by atoms with Crippen molar-refractivity contribution in [3.8, 4) is 0 Å². The molecular formula is C12H7F3N2O. The fourth-order valence-corrected chi connectivity index (χ4v) is 1.48. The molecule has 6 heteroatoms. The Balaban J connectivity index is 2.50. The first kappa shape index (κ1) is 12.2. The number of nitrogens with zero attached hydrogens (tertiary/aromatic N) is 2. The average molecular weight is 252 g/mol. The third kappa shape index (κ3) is 2.37. The van der Waals surface area contributed by atoms with Crippen LogP contribution in [0.4, 0.5) is 13.2 Å². The van der Waals surface area contributed by atoms with Crippen LogP contribution in [0.5, 0.6) is 0 Å². The van der Waals surface area contributed by atoms with E-state index in [0.29, 0.717) is 0 Å². The molecule has 0 N–H and O–H groups in total. The van der Waals surface area contributed by atoms with Crippen molar-refractivity contribution in [1.29, 1.82) is 0 Å². The van der Waals surface area contributed by atoms with Crippen molar-refractivity contribution in [3.63, 3.8) is 0 Å². The zero-order valence-corrected chi connectivity index (χ0v) is 8.98. The number of rotatable bonds is 2. The van der Waals surface area contributed by atoms with Gasteiger partial charge in [-0.25, -0.2) is 0 Å². The number of pyridine rings is 2. The van der Waals surface area contributed by atoms with Crippen LogP contribution in [0.15, 0.2) is 43.0 Å². The van der Waals surface area contributed by atoms with Crippen LogP contribution in [0.3, 0.4) is 0 Å². The van der Waals surface area contributed by atoms with Gasteiger partial charge in [-0.1, -0.05) is 0 Å². The highest BCUT2D eigenvalue weighted by Gasteiger charge is 2.35. The lowest BCUT2D eigenvalue weighted by atomic mass is 10.0. The van der Waals surface area contributed by atoms with E-state index in [1.807, 2.05) is 0 Å². The van der Waals surface area contributed by atoms with Crippen molar-refractivity contribution < 1.29 is 18.0 Å². The van der Waals surface area contributed by atoms with Gasteiger partial charge >= 0.3 is 6.18 Å². The van der Waals surface area contributed by atoms with E-state index in [0.717, 1.165) is 18.5 Å².